The van der Waals surface area contributed by atoms with Crippen LogP contribution < -0.4 is 10.1 Å². The first-order chi connectivity index (χ1) is 13.2. The molecule has 1 heterocycles. The standard InChI is InChI=1S/C19H25ClN4O2S/c1-27-19-23-22-17(24(19)15-5-2-3-6-15)7-4-12-21-18(25)13-26-16-10-8-14(20)9-11-16/h8-11,15H,2-7,12-13H2,1H3,(H,21,25). The lowest BCUT2D eigenvalue weighted by Crippen LogP contribution is -2.30. The van der Waals surface area contributed by atoms with Gasteiger partial charge in [-0.1, -0.05) is 36.2 Å². The highest BCUT2D eigenvalue weighted by molar-refractivity contribution is 7.98. The summed E-state index contributed by atoms with van der Waals surface area (Å²) in [5, 5.41) is 13.2. The second kappa shape index (κ2) is 9.99. The average Bonchev–Trinajstić information content (AvgIpc) is 3.33. The fourth-order valence-corrected chi connectivity index (χ4v) is 4.05. The van der Waals surface area contributed by atoms with Crippen molar-refractivity contribution in [1.82, 2.24) is 20.1 Å². The van der Waals surface area contributed by atoms with Crippen molar-refractivity contribution >= 4 is 29.3 Å². The number of amides is 1. The quantitative estimate of drug-likeness (QED) is 0.503. The first-order valence-electron chi connectivity index (χ1n) is 9.30. The number of hydrogen-bond donors (Lipinski definition) is 1. The molecule has 0 bridgehead atoms. The Morgan fingerprint density at radius 3 is 2.74 bits per heavy atom. The van der Waals surface area contributed by atoms with Gasteiger partial charge in [0.2, 0.25) is 0 Å². The maximum Gasteiger partial charge on any atom is 0.257 e. The molecule has 0 atom stereocenters. The van der Waals surface area contributed by atoms with Crippen LogP contribution in [0.25, 0.3) is 0 Å². The molecule has 3 rings (SSSR count). The Labute approximate surface area is 169 Å². The number of aromatic nitrogens is 3. The molecule has 0 radical (unpaired) electrons. The van der Waals surface area contributed by atoms with Gasteiger partial charge < -0.3 is 14.6 Å². The maximum atomic E-state index is 11.9. The van der Waals surface area contributed by atoms with Crippen molar-refractivity contribution in [1.29, 1.82) is 0 Å². The van der Waals surface area contributed by atoms with E-state index in [2.05, 4.69) is 20.1 Å². The summed E-state index contributed by atoms with van der Waals surface area (Å²) in [6.45, 7) is 0.589. The fourth-order valence-electron chi connectivity index (χ4n) is 3.35. The molecule has 1 aromatic carbocycles. The molecule has 0 aliphatic heterocycles. The number of rotatable bonds is 9. The Hall–Kier alpha value is -1.73. The van der Waals surface area contributed by atoms with E-state index in [-0.39, 0.29) is 12.5 Å². The zero-order chi connectivity index (χ0) is 19.1. The summed E-state index contributed by atoms with van der Waals surface area (Å²) in [6, 6.07) is 7.49. The van der Waals surface area contributed by atoms with E-state index in [4.69, 9.17) is 16.3 Å². The van der Waals surface area contributed by atoms with Gasteiger partial charge in [-0.2, -0.15) is 0 Å². The molecule has 1 fully saturated rings. The molecule has 0 saturated heterocycles. The third-order valence-electron chi connectivity index (χ3n) is 4.69. The van der Waals surface area contributed by atoms with Gasteiger partial charge in [0.15, 0.2) is 11.8 Å². The molecule has 1 aromatic heterocycles. The van der Waals surface area contributed by atoms with Crippen molar-refractivity contribution in [2.45, 2.75) is 49.7 Å². The van der Waals surface area contributed by atoms with E-state index < -0.39 is 0 Å². The van der Waals surface area contributed by atoms with Crippen LogP contribution in [0.5, 0.6) is 5.75 Å². The van der Waals surface area contributed by atoms with Crippen molar-refractivity contribution in [3.05, 3.63) is 35.1 Å². The Kier molecular flexibility index (Phi) is 7.41. The second-order valence-electron chi connectivity index (χ2n) is 6.61. The number of carbonyl (C=O) groups excluding carboxylic acids is 1. The van der Waals surface area contributed by atoms with Crippen LogP contribution in [-0.2, 0) is 11.2 Å². The van der Waals surface area contributed by atoms with Crippen LogP contribution in [0.1, 0.15) is 44.0 Å². The van der Waals surface area contributed by atoms with Crippen LogP contribution in [-0.4, -0.2) is 40.1 Å². The van der Waals surface area contributed by atoms with Gasteiger partial charge in [-0.3, -0.25) is 4.79 Å². The fraction of sp³-hybridized carbons (Fsp3) is 0.526. The molecule has 2 aromatic rings. The van der Waals surface area contributed by atoms with Gasteiger partial charge in [0.05, 0.1) is 0 Å². The van der Waals surface area contributed by atoms with E-state index in [1.807, 2.05) is 6.26 Å². The number of benzene rings is 1. The van der Waals surface area contributed by atoms with Crippen LogP contribution in [0, 0.1) is 0 Å². The van der Waals surface area contributed by atoms with E-state index >= 15 is 0 Å². The third kappa shape index (κ3) is 5.62. The van der Waals surface area contributed by atoms with Gasteiger partial charge in [0.25, 0.3) is 5.91 Å². The van der Waals surface area contributed by atoms with Crippen molar-refractivity contribution < 1.29 is 9.53 Å². The topological polar surface area (TPSA) is 69.0 Å². The minimum Gasteiger partial charge on any atom is -0.484 e. The zero-order valence-electron chi connectivity index (χ0n) is 15.5. The van der Waals surface area contributed by atoms with Crippen molar-refractivity contribution in [2.75, 3.05) is 19.4 Å². The molecular weight excluding hydrogens is 384 g/mol. The summed E-state index contributed by atoms with van der Waals surface area (Å²) < 4.78 is 7.75. The SMILES string of the molecule is CSc1nnc(CCCNC(=O)COc2ccc(Cl)cc2)n1C1CCCC1. The van der Waals surface area contributed by atoms with Crippen molar-refractivity contribution in [3.8, 4) is 5.75 Å². The van der Waals surface area contributed by atoms with Crippen LogP contribution in [0.2, 0.25) is 5.02 Å². The van der Waals surface area contributed by atoms with Gasteiger partial charge in [-0.25, -0.2) is 0 Å². The average molecular weight is 409 g/mol. The Balaban J connectivity index is 1.41. The van der Waals surface area contributed by atoms with E-state index in [1.165, 1.54) is 25.7 Å². The normalized spacial score (nSPS) is 14.4. The number of aryl methyl sites for hydroxylation is 1. The molecule has 1 aliphatic carbocycles. The Morgan fingerprint density at radius 1 is 1.30 bits per heavy atom. The lowest BCUT2D eigenvalue weighted by atomic mass is 10.2. The van der Waals surface area contributed by atoms with Crippen molar-refractivity contribution in [3.63, 3.8) is 0 Å². The van der Waals surface area contributed by atoms with Crippen LogP contribution >= 0.6 is 23.4 Å². The number of nitrogens with zero attached hydrogens (tertiary/aromatic N) is 3. The minimum atomic E-state index is -0.132. The Morgan fingerprint density at radius 2 is 2.04 bits per heavy atom. The first-order valence-corrected chi connectivity index (χ1v) is 10.9. The van der Waals surface area contributed by atoms with Gasteiger partial charge in [0, 0.05) is 24.0 Å². The van der Waals surface area contributed by atoms with Gasteiger partial charge in [-0.15, -0.1) is 10.2 Å². The molecule has 1 N–H and O–H groups in total. The summed E-state index contributed by atoms with van der Waals surface area (Å²) in [7, 11) is 0. The van der Waals surface area contributed by atoms with E-state index in [0.29, 0.717) is 23.4 Å². The third-order valence-corrected chi connectivity index (χ3v) is 5.59. The van der Waals surface area contributed by atoms with E-state index in [0.717, 1.165) is 23.8 Å². The molecule has 27 heavy (non-hydrogen) atoms. The van der Waals surface area contributed by atoms with Gasteiger partial charge in [-0.05, 0) is 49.8 Å². The second-order valence-corrected chi connectivity index (χ2v) is 7.82. The molecular formula is C19H25ClN4O2S. The summed E-state index contributed by atoms with van der Waals surface area (Å²) in [6.07, 6.45) is 8.64. The highest BCUT2D eigenvalue weighted by Gasteiger charge is 2.23. The predicted molar refractivity (Wildman–Crippen MR) is 108 cm³/mol. The first kappa shape index (κ1) is 20.0. The van der Waals surface area contributed by atoms with Crippen molar-refractivity contribution in [2.24, 2.45) is 0 Å². The molecule has 8 heteroatoms. The summed E-state index contributed by atoms with van der Waals surface area (Å²) in [4.78, 5) is 11.9. The predicted octanol–water partition coefficient (Wildman–Crippen LogP) is 3.90. The molecule has 6 nitrogen and oxygen atoms in total. The number of hydrogen-bond acceptors (Lipinski definition) is 5. The lowest BCUT2D eigenvalue weighted by molar-refractivity contribution is -0.123. The summed E-state index contributed by atoms with van der Waals surface area (Å²) in [5.74, 6) is 1.52. The number of carbonyl (C=O) groups is 1. The zero-order valence-corrected chi connectivity index (χ0v) is 17.1. The smallest absolute Gasteiger partial charge is 0.257 e. The van der Waals surface area contributed by atoms with Gasteiger partial charge >= 0.3 is 0 Å². The largest absolute Gasteiger partial charge is 0.484 e. The lowest BCUT2D eigenvalue weighted by Gasteiger charge is -2.16. The molecule has 1 saturated carbocycles. The molecule has 0 unspecified atom stereocenters. The monoisotopic (exact) mass is 408 g/mol. The van der Waals surface area contributed by atoms with Crippen LogP contribution in [0.4, 0.5) is 0 Å². The Bertz CT molecular complexity index is 745. The number of nitrogens with one attached hydrogen (secondary N) is 1. The highest BCUT2D eigenvalue weighted by Crippen LogP contribution is 2.33. The molecule has 0 spiro atoms. The molecule has 1 aliphatic rings. The number of ether oxygens (including phenoxy) is 1. The van der Waals surface area contributed by atoms with E-state index in [1.54, 1.807) is 36.0 Å². The van der Waals surface area contributed by atoms with Crippen LogP contribution in [0.3, 0.4) is 0 Å². The number of thioether (sulfide) groups is 1. The summed E-state index contributed by atoms with van der Waals surface area (Å²) in [5.41, 5.74) is 0. The van der Waals surface area contributed by atoms with Gasteiger partial charge in [0.1, 0.15) is 11.6 Å². The van der Waals surface area contributed by atoms with Crippen LogP contribution in [0.15, 0.2) is 29.4 Å². The maximum absolute atomic E-state index is 11.9. The minimum absolute atomic E-state index is 0.00346. The number of halogens is 1. The highest BCUT2D eigenvalue weighted by atomic mass is 35.5. The molecule has 146 valence electrons. The summed E-state index contributed by atoms with van der Waals surface area (Å²) >= 11 is 7.47. The van der Waals surface area contributed by atoms with E-state index in [9.17, 15) is 4.79 Å². The molecule has 1 amide bonds.